The van der Waals surface area contributed by atoms with Crippen molar-refractivity contribution in [3.8, 4) is 11.1 Å². The van der Waals surface area contributed by atoms with E-state index in [2.05, 4.69) is 4.98 Å². The lowest BCUT2D eigenvalue weighted by Crippen LogP contribution is -2.41. The van der Waals surface area contributed by atoms with Crippen molar-refractivity contribution in [1.29, 1.82) is 0 Å². The molecule has 1 aromatic heterocycles. The zero-order valence-electron chi connectivity index (χ0n) is 12.8. The molecule has 0 saturated carbocycles. The molecule has 1 aliphatic rings. The van der Waals surface area contributed by atoms with Gasteiger partial charge in [-0.1, -0.05) is 23.7 Å². The lowest BCUT2D eigenvalue weighted by Gasteiger charge is -2.31. The van der Waals surface area contributed by atoms with E-state index in [0.29, 0.717) is 17.1 Å². The van der Waals surface area contributed by atoms with Gasteiger partial charge >= 0.3 is 0 Å². The summed E-state index contributed by atoms with van der Waals surface area (Å²) in [6, 6.07) is 9.33. The zero-order chi connectivity index (χ0) is 16.2. The van der Waals surface area contributed by atoms with Gasteiger partial charge in [0, 0.05) is 42.7 Å². The van der Waals surface area contributed by atoms with E-state index in [-0.39, 0.29) is 18.4 Å². The highest BCUT2D eigenvalue weighted by atomic mass is 35.5. The van der Waals surface area contributed by atoms with Crippen LogP contribution in [0.15, 0.2) is 42.7 Å². The number of carbonyl (C=O) groups is 1. The van der Waals surface area contributed by atoms with Crippen molar-refractivity contribution in [1.82, 2.24) is 9.88 Å². The van der Waals surface area contributed by atoms with Gasteiger partial charge in [0.1, 0.15) is 0 Å². The molecule has 3 rings (SSSR count). The molecule has 0 aliphatic carbocycles. The van der Waals surface area contributed by atoms with Gasteiger partial charge in [0.15, 0.2) is 0 Å². The maximum Gasteiger partial charge on any atom is 0.255 e. The van der Waals surface area contributed by atoms with Crippen molar-refractivity contribution in [3.05, 3.63) is 53.3 Å². The second-order valence-electron chi connectivity index (χ2n) is 5.91. The number of carbonyl (C=O) groups excluding carboxylic acids is 1. The number of halogens is 1. The van der Waals surface area contributed by atoms with Gasteiger partial charge in [0.25, 0.3) is 5.91 Å². The van der Waals surface area contributed by atoms with Crippen LogP contribution in [0.5, 0.6) is 0 Å². The third-order valence-electron chi connectivity index (χ3n) is 4.23. The van der Waals surface area contributed by atoms with E-state index in [1.165, 1.54) is 0 Å². The summed E-state index contributed by atoms with van der Waals surface area (Å²) >= 11 is 5.91. The number of amides is 1. The van der Waals surface area contributed by atoms with E-state index < -0.39 is 0 Å². The van der Waals surface area contributed by atoms with Gasteiger partial charge in [-0.15, -0.1) is 0 Å². The highest BCUT2D eigenvalue weighted by Gasteiger charge is 2.24. The van der Waals surface area contributed by atoms with E-state index in [1.807, 2.05) is 35.2 Å². The Hall–Kier alpha value is -1.91. The number of benzene rings is 1. The number of hydrogen-bond acceptors (Lipinski definition) is 3. The first-order valence-corrected chi connectivity index (χ1v) is 8.16. The van der Waals surface area contributed by atoms with Crippen molar-refractivity contribution in [3.63, 3.8) is 0 Å². The molecular weight excluding hydrogens is 312 g/mol. The highest BCUT2D eigenvalue weighted by molar-refractivity contribution is 6.30. The molecule has 2 aromatic rings. The summed E-state index contributed by atoms with van der Waals surface area (Å²) < 4.78 is 0. The van der Waals surface area contributed by atoms with E-state index in [0.717, 1.165) is 30.5 Å². The summed E-state index contributed by atoms with van der Waals surface area (Å²) in [5.41, 5.74) is 2.45. The number of likely N-dealkylation sites (tertiary alicyclic amines) is 1. The number of aliphatic hydroxyl groups excluding tert-OH is 1. The standard InChI is InChI=1S/C18H19ClN2O2/c19-17-5-3-14(4-6-17)15-8-16(10-20-9-15)18(23)21-7-1-2-13(11-21)12-22/h3-6,8-10,13,22H,1-2,7,11-12H2. The molecule has 0 spiro atoms. The number of nitrogens with zero attached hydrogens (tertiary/aromatic N) is 2. The normalized spacial score (nSPS) is 18.0. The van der Waals surface area contributed by atoms with Crippen LogP contribution in [-0.2, 0) is 0 Å². The van der Waals surface area contributed by atoms with Crippen LogP contribution in [0.3, 0.4) is 0 Å². The number of hydrogen-bond donors (Lipinski definition) is 1. The van der Waals surface area contributed by atoms with E-state index in [1.54, 1.807) is 12.4 Å². The largest absolute Gasteiger partial charge is 0.396 e. The Bertz CT molecular complexity index is 688. The van der Waals surface area contributed by atoms with Crippen LogP contribution in [0, 0.1) is 5.92 Å². The van der Waals surface area contributed by atoms with Crippen molar-refractivity contribution >= 4 is 17.5 Å². The Labute approximate surface area is 140 Å². The molecule has 1 aliphatic heterocycles. The molecule has 0 radical (unpaired) electrons. The summed E-state index contributed by atoms with van der Waals surface area (Å²) in [6.07, 6.45) is 5.25. The third kappa shape index (κ3) is 3.71. The second-order valence-corrected chi connectivity index (χ2v) is 6.35. The average molecular weight is 331 g/mol. The van der Waals surface area contributed by atoms with Crippen LogP contribution in [0.2, 0.25) is 5.02 Å². The number of pyridine rings is 1. The molecule has 120 valence electrons. The molecule has 23 heavy (non-hydrogen) atoms. The SMILES string of the molecule is O=C(c1cncc(-c2ccc(Cl)cc2)c1)N1CCCC(CO)C1. The van der Waals surface area contributed by atoms with Crippen LogP contribution in [0.25, 0.3) is 11.1 Å². The minimum Gasteiger partial charge on any atom is -0.396 e. The van der Waals surface area contributed by atoms with Crippen molar-refractivity contribution < 1.29 is 9.90 Å². The van der Waals surface area contributed by atoms with Crippen LogP contribution < -0.4 is 0 Å². The lowest BCUT2D eigenvalue weighted by molar-refractivity contribution is 0.0620. The minimum absolute atomic E-state index is 0.0218. The van der Waals surface area contributed by atoms with Crippen LogP contribution in [0.4, 0.5) is 0 Å². The summed E-state index contributed by atoms with van der Waals surface area (Å²) in [5.74, 6) is 0.159. The van der Waals surface area contributed by atoms with Crippen molar-refractivity contribution in [2.45, 2.75) is 12.8 Å². The van der Waals surface area contributed by atoms with Crippen molar-refractivity contribution in [2.24, 2.45) is 5.92 Å². The summed E-state index contributed by atoms with van der Waals surface area (Å²) in [7, 11) is 0. The fourth-order valence-electron chi connectivity index (χ4n) is 2.94. The topological polar surface area (TPSA) is 53.4 Å². The van der Waals surface area contributed by atoms with Gasteiger partial charge in [0.2, 0.25) is 0 Å². The first-order valence-electron chi connectivity index (χ1n) is 7.78. The zero-order valence-corrected chi connectivity index (χ0v) is 13.5. The molecule has 1 saturated heterocycles. The van der Waals surface area contributed by atoms with E-state index in [9.17, 15) is 9.90 Å². The molecule has 1 atom stereocenters. The second kappa shape index (κ2) is 7.11. The Morgan fingerprint density at radius 1 is 1.26 bits per heavy atom. The van der Waals surface area contributed by atoms with Gasteiger partial charge in [-0.2, -0.15) is 0 Å². The molecule has 5 heteroatoms. The fraction of sp³-hybridized carbons (Fsp3) is 0.333. The Kier molecular flexibility index (Phi) is 4.94. The first-order chi connectivity index (χ1) is 11.2. The van der Waals surface area contributed by atoms with Crippen LogP contribution in [0.1, 0.15) is 23.2 Å². The third-order valence-corrected chi connectivity index (χ3v) is 4.48. The van der Waals surface area contributed by atoms with Gasteiger partial charge in [-0.3, -0.25) is 9.78 Å². The summed E-state index contributed by atoms with van der Waals surface area (Å²) in [5, 5.41) is 9.99. The van der Waals surface area contributed by atoms with Gasteiger partial charge in [0.05, 0.1) is 5.56 Å². The molecule has 1 aromatic carbocycles. The van der Waals surface area contributed by atoms with Gasteiger partial charge in [-0.05, 0) is 42.5 Å². The molecular formula is C18H19ClN2O2. The molecule has 4 nitrogen and oxygen atoms in total. The van der Waals surface area contributed by atoms with Crippen LogP contribution >= 0.6 is 11.6 Å². The molecule has 1 amide bonds. The first kappa shape index (κ1) is 16.0. The summed E-state index contributed by atoms with van der Waals surface area (Å²) in [6.45, 7) is 1.48. The quantitative estimate of drug-likeness (QED) is 0.940. The maximum absolute atomic E-state index is 12.7. The average Bonchev–Trinajstić information content (AvgIpc) is 2.62. The van der Waals surface area contributed by atoms with Crippen molar-refractivity contribution in [2.75, 3.05) is 19.7 Å². The van der Waals surface area contributed by atoms with E-state index >= 15 is 0 Å². The number of aliphatic hydroxyl groups is 1. The number of aromatic nitrogens is 1. The van der Waals surface area contributed by atoms with Crippen LogP contribution in [-0.4, -0.2) is 40.6 Å². The summed E-state index contributed by atoms with van der Waals surface area (Å²) in [4.78, 5) is 18.7. The molecule has 2 heterocycles. The molecule has 1 N–H and O–H groups in total. The lowest BCUT2D eigenvalue weighted by atomic mass is 9.98. The smallest absolute Gasteiger partial charge is 0.255 e. The predicted octanol–water partition coefficient (Wildman–Crippen LogP) is 3.25. The monoisotopic (exact) mass is 330 g/mol. The predicted molar refractivity (Wildman–Crippen MR) is 90.4 cm³/mol. The number of piperidine rings is 1. The number of rotatable bonds is 3. The molecule has 0 bridgehead atoms. The molecule has 1 unspecified atom stereocenters. The van der Waals surface area contributed by atoms with Gasteiger partial charge in [-0.25, -0.2) is 0 Å². The maximum atomic E-state index is 12.7. The Morgan fingerprint density at radius 2 is 2.04 bits per heavy atom. The fourth-order valence-corrected chi connectivity index (χ4v) is 3.06. The van der Waals surface area contributed by atoms with E-state index in [4.69, 9.17) is 11.6 Å². The molecule has 1 fully saturated rings. The van der Waals surface area contributed by atoms with Gasteiger partial charge < -0.3 is 10.0 Å². The highest BCUT2D eigenvalue weighted by Crippen LogP contribution is 2.23. The minimum atomic E-state index is -0.0218. The Balaban J connectivity index is 1.81. The Morgan fingerprint density at radius 3 is 2.78 bits per heavy atom.